The van der Waals surface area contributed by atoms with Gasteiger partial charge in [0.1, 0.15) is 5.75 Å². The Morgan fingerprint density at radius 2 is 1.58 bits per heavy atom. The topological polar surface area (TPSA) is 72.8 Å². The first-order chi connectivity index (χ1) is 12.8. The molecule has 26 heavy (non-hydrogen) atoms. The minimum atomic E-state index is 0.0354. The Kier molecular flexibility index (Phi) is 4.72. The zero-order chi connectivity index (χ0) is 17.8. The van der Waals surface area contributed by atoms with Crippen LogP contribution in [0.2, 0.25) is 5.28 Å². The minimum Gasteiger partial charge on any atom is -0.424 e. The highest BCUT2D eigenvalue weighted by atomic mass is 35.5. The van der Waals surface area contributed by atoms with E-state index in [1.165, 1.54) is 11.3 Å². The summed E-state index contributed by atoms with van der Waals surface area (Å²) in [4.78, 5) is 16.8. The number of rotatable bonds is 5. The Bertz CT molecular complexity index is 1010. The fraction of sp³-hybridized carbons (Fsp3) is 0. The summed E-state index contributed by atoms with van der Waals surface area (Å²) in [6, 6.07) is 19.3. The van der Waals surface area contributed by atoms with E-state index in [2.05, 4.69) is 25.3 Å². The summed E-state index contributed by atoms with van der Waals surface area (Å²) in [5, 5.41) is 5.69. The molecule has 2 heterocycles. The minimum absolute atomic E-state index is 0.0354. The van der Waals surface area contributed by atoms with Crippen molar-refractivity contribution in [2.45, 2.75) is 0 Å². The van der Waals surface area contributed by atoms with Gasteiger partial charge in [-0.2, -0.15) is 15.0 Å². The highest BCUT2D eigenvalue weighted by Crippen LogP contribution is 2.27. The normalized spacial score (nSPS) is 10.5. The van der Waals surface area contributed by atoms with Crippen molar-refractivity contribution >= 4 is 34.0 Å². The first-order valence-corrected chi connectivity index (χ1v) is 8.94. The molecule has 0 saturated heterocycles. The number of ether oxygens (including phenoxy) is 1. The van der Waals surface area contributed by atoms with Crippen LogP contribution >= 0.6 is 22.9 Å². The van der Waals surface area contributed by atoms with E-state index in [-0.39, 0.29) is 17.2 Å². The van der Waals surface area contributed by atoms with E-state index in [0.29, 0.717) is 10.9 Å². The van der Waals surface area contributed by atoms with Crippen molar-refractivity contribution in [1.29, 1.82) is 0 Å². The highest BCUT2D eigenvalue weighted by molar-refractivity contribution is 7.14. The average molecular weight is 382 g/mol. The van der Waals surface area contributed by atoms with Gasteiger partial charge in [0.15, 0.2) is 5.13 Å². The smallest absolute Gasteiger partial charge is 0.328 e. The number of benzene rings is 2. The third-order valence-electron chi connectivity index (χ3n) is 3.33. The van der Waals surface area contributed by atoms with Crippen LogP contribution in [0.25, 0.3) is 11.3 Å². The first kappa shape index (κ1) is 16.4. The number of halogens is 1. The van der Waals surface area contributed by atoms with Gasteiger partial charge in [0.25, 0.3) is 0 Å². The number of aromatic nitrogens is 4. The summed E-state index contributed by atoms with van der Waals surface area (Å²) in [5.41, 5.74) is 1.91. The van der Waals surface area contributed by atoms with Crippen LogP contribution < -0.4 is 10.1 Å². The van der Waals surface area contributed by atoms with E-state index in [0.717, 1.165) is 11.3 Å². The van der Waals surface area contributed by atoms with Gasteiger partial charge in [-0.05, 0) is 23.7 Å². The van der Waals surface area contributed by atoms with Crippen LogP contribution in [-0.4, -0.2) is 19.9 Å². The Morgan fingerprint density at radius 1 is 0.846 bits per heavy atom. The van der Waals surface area contributed by atoms with E-state index < -0.39 is 0 Å². The Balaban J connectivity index is 1.54. The molecule has 0 amide bonds. The van der Waals surface area contributed by atoms with Crippen molar-refractivity contribution in [3.8, 4) is 23.0 Å². The summed E-state index contributed by atoms with van der Waals surface area (Å²) < 4.78 is 5.61. The standard InChI is InChI=1S/C18H12ClN5OS/c19-15-21-16(23-17(22-15)25-13-9-5-2-6-10-13)24-18-20-14(11-26-18)12-7-3-1-4-8-12/h1-11H,(H,20,21,22,23,24). The second-order valence-corrected chi connectivity index (χ2v) is 6.35. The van der Waals surface area contributed by atoms with E-state index in [9.17, 15) is 0 Å². The van der Waals surface area contributed by atoms with Gasteiger partial charge in [0.2, 0.25) is 11.2 Å². The molecule has 0 aliphatic carbocycles. The molecule has 4 rings (SSSR count). The molecule has 8 heteroatoms. The molecule has 0 radical (unpaired) electrons. The highest BCUT2D eigenvalue weighted by Gasteiger charge is 2.10. The average Bonchev–Trinajstić information content (AvgIpc) is 3.11. The van der Waals surface area contributed by atoms with Crippen LogP contribution in [0.1, 0.15) is 0 Å². The fourth-order valence-electron chi connectivity index (χ4n) is 2.20. The monoisotopic (exact) mass is 381 g/mol. The molecule has 0 spiro atoms. The zero-order valence-corrected chi connectivity index (χ0v) is 14.9. The zero-order valence-electron chi connectivity index (χ0n) is 13.3. The Morgan fingerprint density at radius 3 is 2.35 bits per heavy atom. The number of hydrogen-bond donors (Lipinski definition) is 1. The molecule has 128 valence electrons. The molecule has 2 aromatic carbocycles. The molecule has 0 aliphatic rings. The molecule has 0 saturated carbocycles. The van der Waals surface area contributed by atoms with Crippen molar-refractivity contribution in [3.63, 3.8) is 0 Å². The van der Waals surface area contributed by atoms with Gasteiger partial charge in [0, 0.05) is 10.9 Å². The Labute approximate surface area is 158 Å². The van der Waals surface area contributed by atoms with Gasteiger partial charge in [-0.1, -0.05) is 48.5 Å². The van der Waals surface area contributed by atoms with Crippen molar-refractivity contribution in [1.82, 2.24) is 19.9 Å². The van der Waals surface area contributed by atoms with Crippen molar-refractivity contribution in [2.75, 3.05) is 5.32 Å². The van der Waals surface area contributed by atoms with Crippen molar-refractivity contribution in [3.05, 3.63) is 71.3 Å². The maximum absolute atomic E-state index is 5.98. The summed E-state index contributed by atoms with van der Waals surface area (Å²) in [6.07, 6.45) is 0. The Hall–Kier alpha value is -3.03. The third kappa shape index (κ3) is 3.96. The first-order valence-electron chi connectivity index (χ1n) is 7.69. The van der Waals surface area contributed by atoms with Crippen LogP contribution in [0, 0.1) is 0 Å². The molecule has 6 nitrogen and oxygen atoms in total. The maximum Gasteiger partial charge on any atom is 0.328 e. The SMILES string of the molecule is Clc1nc(Nc2nc(-c3ccccc3)cs2)nc(Oc2ccccc2)n1. The number of hydrogen-bond acceptors (Lipinski definition) is 7. The van der Waals surface area contributed by atoms with Crippen molar-refractivity contribution in [2.24, 2.45) is 0 Å². The lowest BCUT2D eigenvalue weighted by atomic mass is 10.2. The van der Waals surface area contributed by atoms with E-state index in [1.807, 2.05) is 53.9 Å². The number of nitrogens with one attached hydrogen (secondary N) is 1. The third-order valence-corrected chi connectivity index (χ3v) is 4.26. The van der Waals surface area contributed by atoms with Crippen LogP contribution in [0.4, 0.5) is 11.1 Å². The molecule has 4 aromatic rings. The number of para-hydroxylation sites is 1. The lowest BCUT2D eigenvalue weighted by Crippen LogP contribution is -2.01. The van der Waals surface area contributed by atoms with E-state index in [4.69, 9.17) is 16.3 Å². The lowest BCUT2D eigenvalue weighted by molar-refractivity contribution is 0.440. The summed E-state index contributed by atoms with van der Waals surface area (Å²) in [5.74, 6) is 0.881. The summed E-state index contributed by atoms with van der Waals surface area (Å²) in [6.45, 7) is 0. The van der Waals surface area contributed by atoms with Crippen LogP contribution in [0.3, 0.4) is 0 Å². The van der Waals surface area contributed by atoms with Crippen LogP contribution in [-0.2, 0) is 0 Å². The van der Waals surface area contributed by atoms with Gasteiger partial charge in [-0.3, -0.25) is 5.32 Å². The van der Waals surface area contributed by atoms with Crippen LogP contribution in [0.15, 0.2) is 66.0 Å². The van der Waals surface area contributed by atoms with Crippen LogP contribution in [0.5, 0.6) is 11.8 Å². The molecule has 0 bridgehead atoms. The molecule has 0 aliphatic heterocycles. The second-order valence-electron chi connectivity index (χ2n) is 5.15. The molecule has 0 fully saturated rings. The fourth-order valence-corrected chi connectivity index (χ4v) is 3.06. The number of nitrogens with zero attached hydrogens (tertiary/aromatic N) is 4. The lowest BCUT2D eigenvalue weighted by Gasteiger charge is -2.06. The number of anilines is 2. The van der Waals surface area contributed by atoms with Crippen molar-refractivity contribution < 1.29 is 4.74 Å². The number of thiazole rings is 1. The predicted octanol–water partition coefficient (Wildman–Crippen LogP) is 5.18. The van der Waals surface area contributed by atoms with Gasteiger partial charge in [-0.15, -0.1) is 11.3 Å². The van der Waals surface area contributed by atoms with Gasteiger partial charge >= 0.3 is 6.01 Å². The van der Waals surface area contributed by atoms with Gasteiger partial charge in [0.05, 0.1) is 5.69 Å². The largest absolute Gasteiger partial charge is 0.424 e. The predicted molar refractivity (Wildman–Crippen MR) is 102 cm³/mol. The van der Waals surface area contributed by atoms with E-state index >= 15 is 0 Å². The molecule has 0 atom stereocenters. The van der Waals surface area contributed by atoms with Gasteiger partial charge in [-0.25, -0.2) is 4.98 Å². The molecule has 1 N–H and O–H groups in total. The quantitative estimate of drug-likeness (QED) is 0.513. The van der Waals surface area contributed by atoms with Gasteiger partial charge < -0.3 is 4.74 Å². The molecular weight excluding hydrogens is 370 g/mol. The maximum atomic E-state index is 5.98. The molecule has 0 unspecified atom stereocenters. The molecule has 2 aromatic heterocycles. The second kappa shape index (κ2) is 7.47. The van der Waals surface area contributed by atoms with E-state index in [1.54, 1.807) is 12.1 Å². The molecular formula is C18H12ClN5OS. The summed E-state index contributed by atoms with van der Waals surface area (Å²) in [7, 11) is 0. The summed E-state index contributed by atoms with van der Waals surface area (Å²) >= 11 is 7.43.